The molecule has 0 fully saturated rings. The van der Waals surface area contributed by atoms with E-state index in [1.54, 1.807) is 18.2 Å². The van der Waals surface area contributed by atoms with Crippen LogP contribution in [0.1, 0.15) is 43.8 Å². The average Bonchev–Trinajstić information content (AvgIpc) is 3.06. The Kier molecular flexibility index (Phi) is 5.23. The first-order valence-electron chi connectivity index (χ1n) is 8.40. The highest BCUT2D eigenvalue weighted by molar-refractivity contribution is 7.89. The number of carbonyl (C=O) groups is 2. The second kappa shape index (κ2) is 7.41. The van der Waals surface area contributed by atoms with Gasteiger partial charge >= 0.3 is 5.97 Å². The predicted octanol–water partition coefficient (Wildman–Crippen LogP) is 2.76. The summed E-state index contributed by atoms with van der Waals surface area (Å²) in [5, 5.41) is 0. The van der Waals surface area contributed by atoms with Crippen LogP contribution in [-0.4, -0.2) is 33.0 Å². The maximum Gasteiger partial charge on any atom is 0.338 e. The fourth-order valence-corrected chi connectivity index (χ4v) is 3.88. The van der Waals surface area contributed by atoms with Crippen LogP contribution in [0.4, 0.5) is 0 Å². The molecular weight excluding hydrogens is 352 g/mol. The summed E-state index contributed by atoms with van der Waals surface area (Å²) in [4.78, 5) is 24.3. The van der Waals surface area contributed by atoms with Gasteiger partial charge in [0.1, 0.15) is 0 Å². The van der Waals surface area contributed by atoms with Crippen LogP contribution < -0.4 is 0 Å². The smallest absolute Gasteiger partial charge is 0.338 e. The monoisotopic (exact) mass is 372 g/mol. The topological polar surface area (TPSA) is 77.5 Å². The van der Waals surface area contributed by atoms with Gasteiger partial charge in [-0.05, 0) is 54.2 Å². The second-order valence-corrected chi connectivity index (χ2v) is 8.74. The molecule has 0 saturated carbocycles. The number of rotatable bonds is 6. The number of esters is 1. The standard InChI is InChI=1S/C20H20O5S/c1-26(23,24)13-14-5-7-16(8-6-14)20(22)25-12-19(21)18-10-9-15-3-2-4-17(15)11-18/h5-11H,2-4,12-13H2,1H3. The Balaban J connectivity index is 1.59. The number of sulfone groups is 1. The van der Waals surface area contributed by atoms with Gasteiger partial charge in [0, 0.05) is 11.8 Å². The molecule has 0 saturated heterocycles. The molecule has 0 spiro atoms. The van der Waals surface area contributed by atoms with Crippen molar-refractivity contribution in [1.82, 2.24) is 0 Å². The zero-order valence-corrected chi connectivity index (χ0v) is 15.3. The van der Waals surface area contributed by atoms with E-state index >= 15 is 0 Å². The number of ketones is 1. The Morgan fingerprint density at radius 1 is 0.962 bits per heavy atom. The number of aryl methyl sites for hydroxylation is 2. The summed E-state index contributed by atoms with van der Waals surface area (Å²) < 4.78 is 27.6. The molecule has 3 rings (SSSR count). The van der Waals surface area contributed by atoms with Crippen LogP contribution in [0, 0.1) is 0 Å². The Labute approximate surface area is 152 Å². The molecule has 0 aromatic heterocycles. The quantitative estimate of drug-likeness (QED) is 0.576. The van der Waals surface area contributed by atoms with Gasteiger partial charge in [0.05, 0.1) is 11.3 Å². The lowest BCUT2D eigenvalue weighted by atomic mass is 10.0. The Hall–Kier alpha value is -2.47. The van der Waals surface area contributed by atoms with Crippen molar-refractivity contribution in [2.75, 3.05) is 12.9 Å². The predicted molar refractivity (Wildman–Crippen MR) is 98.1 cm³/mol. The zero-order chi connectivity index (χ0) is 18.7. The van der Waals surface area contributed by atoms with Crippen molar-refractivity contribution in [1.29, 1.82) is 0 Å². The van der Waals surface area contributed by atoms with Gasteiger partial charge in [-0.2, -0.15) is 0 Å². The van der Waals surface area contributed by atoms with Crippen LogP contribution in [-0.2, 0) is 33.2 Å². The third kappa shape index (κ3) is 4.58. The molecule has 2 aromatic rings. The van der Waals surface area contributed by atoms with E-state index in [4.69, 9.17) is 4.74 Å². The first-order chi connectivity index (χ1) is 12.3. The van der Waals surface area contributed by atoms with Crippen LogP contribution in [0.15, 0.2) is 42.5 Å². The molecule has 0 amide bonds. The van der Waals surface area contributed by atoms with E-state index in [9.17, 15) is 18.0 Å². The molecule has 2 aromatic carbocycles. The maximum absolute atomic E-state index is 12.2. The van der Waals surface area contributed by atoms with E-state index < -0.39 is 15.8 Å². The van der Waals surface area contributed by atoms with Gasteiger partial charge in [0.2, 0.25) is 0 Å². The molecule has 0 atom stereocenters. The number of hydrogen-bond acceptors (Lipinski definition) is 5. The highest BCUT2D eigenvalue weighted by Gasteiger charge is 2.16. The molecule has 1 aliphatic carbocycles. The molecule has 1 aliphatic rings. The summed E-state index contributed by atoms with van der Waals surface area (Å²) in [5.41, 5.74) is 3.92. The van der Waals surface area contributed by atoms with Gasteiger partial charge in [0.15, 0.2) is 22.2 Å². The minimum absolute atomic E-state index is 0.0842. The molecule has 0 bridgehead atoms. The Morgan fingerprint density at radius 3 is 2.31 bits per heavy atom. The van der Waals surface area contributed by atoms with Gasteiger partial charge in [-0.15, -0.1) is 0 Å². The van der Waals surface area contributed by atoms with Crippen LogP contribution >= 0.6 is 0 Å². The first-order valence-corrected chi connectivity index (χ1v) is 10.5. The molecule has 0 heterocycles. The largest absolute Gasteiger partial charge is 0.454 e. The lowest BCUT2D eigenvalue weighted by molar-refractivity contribution is 0.0474. The van der Waals surface area contributed by atoms with E-state index in [0.717, 1.165) is 25.5 Å². The molecule has 0 unspecified atom stereocenters. The molecule has 136 valence electrons. The van der Waals surface area contributed by atoms with Crippen molar-refractivity contribution in [3.8, 4) is 0 Å². The van der Waals surface area contributed by atoms with Gasteiger partial charge in [-0.3, -0.25) is 4.79 Å². The van der Waals surface area contributed by atoms with Crippen LogP contribution in [0.25, 0.3) is 0 Å². The lowest BCUT2D eigenvalue weighted by Crippen LogP contribution is -2.14. The van der Waals surface area contributed by atoms with Crippen LogP contribution in [0.2, 0.25) is 0 Å². The van der Waals surface area contributed by atoms with Crippen molar-refractivity contribution in [2.24, 2.45) is 0 Å². The van der Waals surface area contributed by atoms with Crippen molar-refractivity contribution >= 4 is 21.6 Å². The highest BCUT2D eigenvalue weighted by atomic mass is 32.2. The third-order valence-electron chi connectivity index (χ3n) is 4.37. The van der Waals surface area contributed by atoms with Crippen molar-refractivity contribution in [3.63, 3.8) is 0 Å². The summed E-state index contributed by atoms with van der Waals surface area (Å²) in [6, 6.07) is 11.8. The zero-order valence-electron chi connectivity index (χ0n) is 14.5. The normalized spacial score (nSPS) is 13.3. The Bertz CT molecular complexity index is 943. The van der Waals surface area contributed by atoms with Gasteiger partial charge in [0.25, 0.3) is 0 Å². The number of fused-ring (bicyclic) bond motifs is 1. The minimum atomic E-state index is -3.13. The Morgan fingerprint density at radius 2 is 1.62 bits per heavy atom. The number of benzene rings is 2. The van der Waals surface area contributed by atoms with Crippen LogP contribution in [0.5, 0.6) is 0 Å². The number of hydrogen-bond donors (Lipinski definition) is 0. The van der Waals surface area contributed by atoms with E-state index in [1.807, 2.05) is 12.1 Å². The van der Waals surface area contributed by atoms with Crippen molar-refractivity contribution in [3.05, 3.63) is 70.3 Å². The SMILES string of the molecule is CS(=O)(=O)Cc1ccc(C(=O)OCC(=O)c2ccc3c(c2)CCC3)cc1. The summed E-state index contributed by atoms with van der Waals surface area (Å²) in [6.07, 6.45) is 4.29. The molecular formula is C20H20O5S. The summed E-state index contributed by atoms with van der Waals surface area (Å²) in [6.45, 7) is -0.317. The highest BCUT2D eigenvalue weighted by Crippen LogP contribution is 2.23. The molecule has 0 aliphatic heterocycles. The van der Waals surface area contributed by atoms with Crippen LogP contribution in [0.3, 0.4) is 0 Å². The molecule has 26 heavy (non-hydrogen) atoms. The summed E-state index contributed by atoms with van der Waals surface area (Å²) in [7, 11) is -3.13. The molecule has 0 radical (unpaired) electrons. The van der Waals surface area contributed by atoms with E-state index in [0.29, 0.717) is 11.1 Å². The fourth-order valence-electron chi connectivity index (χ4n) is 3.08. The minimum Gasteiger partial charge on any atom is -0.454 e. The van der Waals surface area contributed by atoms with Crippen molar-refractivity contribution in [2.45, 2.75) is 25.0 Å². The summed E-state index contributed by atoms with van der Waals surface area (Å²) in [5.74, 6) is -0.925. The second-order valence-electron chi connectivity index (χ2n) is 6.60. The maximum atomic E-state index is 12.2. The lowest BCUT2D eigenvalue weighted by Gasteiger charge is -2.07. The fraction of sp³-hybridized carbons (Fsp3) is 0.300. The number of ether oxygens (including phenoxy) is 1. The molecule has 5 nitrogen and oxygen atoms in total. The van der Waals surface area contributed by atoms with E-state index in [1.165, 1.54) is 23.3 Å². The molecule has 0 N–H and O–H groups in total. The average molecular weight is 372 g/mol. The third-order valence-corrected chi connectivity index (χ3v) is 5.23. The number of carbonyl (C=O) groups excluding carboxylic acids is 2. The van der Waals surface area contributed by atoms with Crippen molar-refractivity contribution < 1.29 is 22.7 Å². The van der Waals surface area contributed by atoms with Gasteiger partial charge in [-0.25, -0.2) is 13.2 Å². The first kappa shape index (κ1) is 18.3. The van der Waals surface area contributed by atoms with Gasteiger partial charge in [-0.1, -0.05) is 24.3 Å². The molecule has 6 heteroatoms. The summed E-state index contributed by atoms with van der Waals surface area (Å²) >= 11 is 0. The van der Waals surface area contributed by atoms with E-state index in [-0.39, 0.29) is 23.7 Å². The van der Waals surface area contributed by atoms with Gasteiger partial charge < -0.3 is 4.74 Å². The number of Topliss-reactive ketones (excluding diaryl/α,β-unsaturated/α-hetero) is 1. The van der Waals surface area contributed by atoms with E-state index in [2.05, 4.69) is 0 Å².